The van der Waals surface area contributed by atoms with Gasteiger partial charge in [-0.1, -0.05) is 31.5 Å². The number of aliphatic hydroxyl groups excluding tert-OH is 3. The third kappa shape index (κ3) is 6.40. The molecule has 0 aliphatic heterocycles. The smallest absolute Gasteiger partial charge is 0.150 e. The molecular weight excluding hydrogens is 372 g/mol. The molecule has 29 heavy (non-hydrogen) atoms. The number of aromatic nitrogens is 1. The lowest BCUT2D eigenvalue weighted by Gasteiger charge is -2.25. The van der Waals surface area contributed by atoms with Crippen molar-refractivity contribution in [3.8, 4) is 11.5 Å². The van der Waals surface area contributed by atoms with E-state index in [1.165, 1.54) is 6.20 Å². The van der Waals surface area contributed by atoms with Crippen LogP contribution in [-0.2, 0) is 19.6 Å². The maximum atomic E-state index is 10.5. The second-order valence-corrected chi connectivity index (χ2v) is 6.89. The van der Waals surface area contributed by atoms with Crippen molar-refractivity contribution >= 4 is 0 Å². The van der Waals surface area contributed by atoms with Gasteiger partial charge in [-0.3, -0.25) is 4.98 Å². The lowest BCUT2D eigenvalue weighted by Crippen LogP contribution is -2.38. The number of ether oxygens (including phenoxy) is 1. The first-order valence-corrected chi connectivity index (χ1v) is 10.0. The van der Waals surface area contributed by atoms with Crippen molar-refractivity contribution in [1.82, 2.24) is 10.0 Å². The van der Waals surface area contributed by atoms with Gasteiger partial charge in [-0.05, 0) is 31.9 Å². The molecule has 1 atom stereocenters. The Morgan fingerprint density at radius 2 is 1.86 bits per heavy atom. The quantitative estimate of drug-likeness (QED) is 0.468. The first-order chi connectivity index (χ1) is 14.0. The second kappa shape index (κ2) is 11.7. The van der Waals surface area contributed by atoms with Crippen molar-refractivity contribution in [3.05, 3.63) is 52.8 Å². The van der Waals surface area contributed by atoms with E-state index in [1.807, 2.05) is 31.2 Å². The van der Waals surface area contributed by atoms with Crippen LogP contribution in [-0.4, -0.2) is 51.2 Å². The summed E-state index contributed by atoms with van der Waals surface area (Å²) < 4.78 is 5.76. The molecule has 7 heteroatoms. The van der Waals surface area contributed by atoms with Crippen LogP contribution in [0.25, 0.3) is 0 Å². The molecular formula is C22H32N2O5. The van der Waals surface area contributed by atoms with Gasteiger partial charge >= 0.3 is 0 Å². The predicted molar refractivity (Wildman–Crippen MR) is 111 cm³/mol. The number of benzene rings is 1. The molecule has 0 spiro atoms. The predicted octanol–water partition coefficient (Wildman–Crippen LogP) is 2.38. The van der Waals surface area contributed by atoms with E-state index in [9.17, 15) is 15.3 Å². The van der Waals surface area contributed by atoms with Crippen molar-refractivity contribution in [1.29, 1.82) is 0 Å². The van der Waals surface area contributed by atoms with Gasteiger partial charge in [0.05, 0.1) is 25.5 Å². The molecule has 1 unspecified atom stereocenters. The number of hydrogen-bond donors (Lipinski definition) is 3. The van der Waals surface area contributed by atoms with E-state index in [-0.39, 0.29) is 26.4 Å². The van der Waals surface area contributed by atoms with E-state index in [4.69, 9.17) is 9.57 Å². The average molecular weight is 405 g/mol. The van der Waals surface area contributed by atoms with Gasteiger partial charge in [0.1, 0.15) is 18.5 Å². The standard InChI is InChI=1S/C22H32N2O5/c1-4-8-17-9-6-7-10-21(17)29-24(5-2)12-19(27)15-28-22-16(3)23-11-18(13-25)20(22)14-26/h6-7,9-11,19,25-27H,4-5,8,12-15H2,1-3H3. The Morgan fingerprint density at radius 1 is 1.10 bits per heavy atom. The number of pyridine rings is 1. The summed E-state index contributed by atoms with van der Waals surface area (Å²) in [4.78, 5) is 10.2. The van der Waals surface area contributed by atoms with Crippen LogP contribution in [0.2, 0.25) is 0 Å². The number of para-hydroxylation sites is 1. The second-order valence-electron chi connectivity index (χ2n) is 6.89. The number of likely N-dealkylation sites (N-methyl/N-ethyl adjacent to an activating group) is 1. The molecule has 1 aromatic carbocycles. The monoisotopic (exact) mass is 404 g/mol. The molecule has 2 aromatic rings. The molecule has 1 heterocycles. The molecule has 2 rings (SSSR count). The summed E-state index contributed by atoms with van der Waals surface area (Å²) in [5.41, 5.74) is 2.72. The largest absolute Gasteiger partial charge is 0.489 e. The number of hydrogen-bond acceptors (Lipinski definition) is 7. The van der Waals surface area contributed by atoms with E-state index in [1.54, 1.807) is 12.0 Å². The Balaban J connectivity index is 2.00. The molecule has 0 fully saturated rings. The molecule has 0 saturated carbocycles. The van der Waals surface area contributed by atoms with Crippen LogP contribution in [0.3, 0.4) is 0 Å². The lowest BCUT2D eigenvalue weighted by molar-refractivity contribution is -0.0866. The zero-order valence-corrected chi connectivity index (χ0v) is 17.5. The summed E-state index contributed by atoms with van der Waals surface area (Å²) in [5.74, 6) is 1.19. The molecule has 0 saturated heterocycles. The van der Waals surface area contributed by atoms with Crippen LogP contribution in [0.15, 0.2) is 30.5 Å². The lowest BCUT2D eigenvalue weighted by atomic mass is 10.1. The zero-order valence-electron chi connectivity index (χ0n) is 17.5. The third-order valence-corrected chi connectivity index (χ3v) is 4.64. The van der Waals surface area contributed by atoms with Gasteiger partial charge in [0, 0.05) is 23.9 Å². The van der Waals surface area contributed by atoms with Crippen LogP contribution in [0.1, 0.15) is 42.7 Å². The molecule has 0 aliphatic rings. The van der Waals surface area contributed by atoms with E-state index in [0.717, 1.165) is 24.2 Å². The first kappa shape index (κ1) is 23.1. The highest BCUT2D eigenvalue weighted by Gasteiger charge is 2.18. The SMILES string of the molecule is CCCc1ccccc1ON(CC)CC(O)COc1c(C)ncc(CO)c1CO. The van der Waals surface area contributed by atoms with Gasteiger partial charge in [-0.25, -0.2) is 0 Å². The summed E-state index contributed by atoms with van der Waals surface area (Å²) in [6.45, 7) is 6.20. The van der Waals surface area contributed by atoms with Crippen molar-refractivity contribution in [3.63, 3.8) is 0 Å². The molecule has 3 N–H and O–H groups in total. The summed E-state index contributed by atoms with van der Waals surface area (Å²) >= 11 is 0. The molecule has 0 amide bonds. The number of rotatable bonds is 12. The maximum Gasteiger partial charge on any atom is 0.150 e. The van der Waals surface area contributed by atoms with E-state index < -0.39 is 6.10 Å². The van der Waals surface area contributed by atoms with E-state index in [2.05, 4.69) is 11.9 Å². The number of aryl methyl sites for hydroxylation is 2. The normalized spacial score (nSPS) is 12.2. The fraction of sp³-hybridized carbons (Fsp3) is 0.500. The Morgan fingerprint density at radius 3 is 2.52 bits per heavy atom. The molecule has 7 nitrogen and oxygen atoms in total. The van der Waals surface area contributed by atoms with Crippen molar-refractivity contribution in [2.24, 2.45) is 0 Å². The van der Waals surface area contributed by atoms with Crippen LogP contribution in [0.5, 0.6) is 11.5 Å². The summed E-state index contributed by atoms with van der Waals surface area (Å²) in [6, 6.07) is 7.90. The van der Waals surface area contributed by atoms with Crippen LogP contribution in [0.4, 0.5) is 0 Å². The molecule has 0 aliphatic carbocycles. The Hall–Kier alpha value is -2.19. The topological polar surface area (TPSA) is 95.3 Å². The minimum Gasteiger partial charge on any atom is -0.489 e. The molecule has 160 valence electrons. The van der Waals surface area contributed by atoms with Crippen molar-refractivity contribution < 1.29 is 24.9 Å². The molecule has 1 aromatic heterocycles. The highest BCUT2D eigenvalue weighted by atomic mass is 16.7. The minimum atomic E-state index is -0.808. The maximum absolute atomic E-state index is 10.5. The highest BCUT2D eigenvalue weighted by molar-refractivity contribution is 5.41. The van der Waals surface area contributed by atoms with Gasteiger partial charge in [0.2, 0.25) is 0 Å². The van der Waals surface area contributed by atoms with Crippen LogP contribution in [0, 0.1) is 6.92 Å². The van der Waals surface area contributed by atoms with Crippen LogP contribution >= 0.6 is 0 Å². The molecule has 0 radical (unpaired) electrons. The Kier molecular flexibility index (Phi) is 9.34. The van der Waals surface area contributed by atoms with Gasteiger partial charge in [-0.15, -0.1) is 5.06 Å². The Labute approximate surface area is 172 Å². The zero-order chi connectivity index (χ0) is 21.2. The molecule has 0 bridgehead atoms. The van der Waals surface area contributed by atoms with Gasteiger partial charge in [0.25, 0.3) is 0 Å². The first-order valence-electron chi connectivity index (χ1n) is 10.0. The third-order valence-electron chi connectivity index (χ3n) is 4.64. The van der Waals surface area contributed by atoms with Gasteiger partial charge < -0.3 is 24.9 Å². The summed E-state index contributed by atoms with van der Waals surface area (Å²) in [6.07, 6.45) is 2.66. The van der Waals surface area contributed by atoms with Gasteiger partial charge in [0.15, 0.2) is 5.75 Å². The number of hydroxylamine groups is 2. The van der Waals surface area contributed by atoms with E-state index >= 15 is 0 Å². The summed E-state index contributed by atoms with van der Waals surface area (Å²) in [7, 11) is 0. The van der Waals surface area contributed by atoms with Crippen molar-refractivity contribution in [2.75, 3.05) is 19.7 Å². The fourth-order valence-electron chi connectivity index (χ4n) is 3.08. The van der Waals surface area contributed by atoms with Crippen LogP contribution < -0.4 is 9.57 Å². The fourth-order valence-corrected chi connectivity index (χ4v) is 3.08. The number of nitrogens with zero attached hydrogens (tertiary/aromatic N) is 2. The van der Waals surface area contributed by atoms with Crippen molar-refractivity contribution in [2.45, 2.75) is 52.9 Å². The highest BCUT2D eigenvalue weighted by Crippen LogP contribution is 2.26. The number of aliphatic hydroxyl groups is 3. The average Bonchev–Trinajstić information content (AvgIpc) is 2.73. The minimum absolute atomic E-state index is 0.0148. The van der Waals surface area contributed by atoms with Gasteiger partial charge in [-0.2, -0.15) is 0 Å². The van der Waals surface area contributed by atoms with E-state index in [0.29, 0.717) is 29.1 Å². The summed E-state index contributed by atoms with van der Waals surface area (Å²) in [5, 5.41) is 31.2. The Bertz CT molecular complexity index is 769.